The van der Waals surface area contributed by atoms with Crippen molar-refractivity contribution in [3.8, 4) is 0 Å². The number of hydrogen-bond donors (Lipinski definition) is 2. The number of aromatic nitrogens is 1. The second-order valence-electron chi connectivity index (χ2n) is 10.5. The maximum Gasteiger partial charge on any atom is 0.202 e. The first-order chi connectivity index (χ1) is 16.4. The molecule has 2 heterocycles. The zero-order valence-electron chi connectivity index (χ0n) is 21.2. The lowest BCUT2D eigenvalue weighted by molar-refractivity contribution is -0.527. The highest BCUT2D eigenvalue weighted by atomic mass is 35.5. The van der Waals surface area contributed by atoms with Crippen molar-refractivity contribution in [2.45, 2.75) is 82.8 Å². The van der Waals surface area contributed by atoms with Gasteiger partial charge in [0.05, 0.1) is 5.52 Å². The second kappa shape index (κ2) is 12.2. The Balaban J connectivity index is 0.00000180. The summed E-state index contributed by atoms with van der Waals surface area (Å²) in [5.41, 5.74) is 3.07. The van der Waals surface area contributed by atoms with Gasteiger partial charge in [0.2, 0.25) is 5.79 Å². The predicted octanol–water partition coefficient (Wildman–Crippen LogP) is 6.85. The fourth-order valence-corrected chi connectivity index (χ4v) is 5.52. The molecule has 6 nitrogen and oxygen atoms in total. The standard InChI is InChI=1S/C27H36ClN3O3.2ClH/c1-18(2)19-6-10-26(3)25(16-19)32-27(34-33-26)11-7-21(8-12-27)29-14-15-31-23-9-13-30-24-17-20(28)4-5-22(23)24;;/h4-5,9,13,16-18,21,25,29H,6-8,10-12,14-15H2,1-3H3,(H,30,31);2*1H/t21?,25-,26+,27?;;/m1../s1. The zero-order chi connectivity index (χ0) is 23.8. The number of ether oxygens (including phenoxy) is 1. The van der Waals surface area contributed by atoms with Gasteiger partial charge in [-0.05, 0) is 62.8 Å². The van der Waals surface area contributed by atoms with Crippen molar-refractivity contribution >= 4 is 53.0 Å². The number of anilines is 1. The third-order valence-corrected chi connectivity index (χ3v) is 7.91. The lowest BCUT2D eigenvalue weighted by atomic mass is 9.80. The minimum Gasteiger partial charge on any atom is -0.383 e. The Labute approximate surface area is 231 Å². The Morgan fingerprint density at radius 2 is 1.86 bits per heavy atom. The predicted molar refractivity (Wildman–Crippen MR) is 150 cm³/mol. The smallest absolute Gasteiger partial charge is 0.202 e. The fourth-order valence-electron chi connectivity index (χ4n) is 5.35. The van der Waals surface area contributed by atoms with E-state index in [0.717, 1.165) is 68.2 Å². The molecule has 1 aromatic carbocycles. The number of allylic oxidation sites excluding steroid dienone is 1. The van der Waals surface area contributed by atoms with Crippen LogP contribution in [-0.2, 0) is 14.5 Å². The first kappa shape index (κ1) is 29.4. The van der Waals surface area contributed by atoms with Crippen LogP contribution in [0.3, 0.4) is 0 Å². The van der Waals surface area contributed by atoms with Crippen LogP contribution in [0.15, 0.2) is 42.1 Å². The van der Waals surface area contributed by atoms with Crippen molar-refractivity contribution in [3.63, 3.8) is 0 Å². The lowest BCUT2D eigenvalue weighted by Gasteiger charge is -2.51. The highest BCUT2D eigenvalue weighted by molar-refractivity contribution is 6.31. The molecule has 0 unspecified atom stereocenters. The van der Waals surface area contributed by atoms with E-state index in [2.05, 4.69) is 42.5 Å². The number of nitrogens with zero attached hydrogens (tertiary/aromatic N) is 1. The minimum absolute atomic E-state index is 0. The van der Waals surface area contributed by atoms with Gasteiger partial charge in [-0.3, -0.25) is 4.98 Å². The Morgan fingerprint density at radius 1 is 1.08 bits per heavy atom. The number of rotatable bonds is 6. The van der Waals surface area contributed by atoms with Crippen molar-refractivity contribution in [3.05, 3.63) is 47.1 Å². The van der Waals surface area contributed by atoms with Crippen molar-refractivity contribution < 1.29 is 14.5 Å². The molecule has 0 bridgehead atoms. The van der Waals surface area contributed by atoms with E-state index in [9.17, 15) is 0 Å². The van der Waals surface area contributed by atoms with E-state index >= 15 is 0 Å². The molecule has 1 aliphatic heterocycles. The van der Waals surface area contributed by atoms with E-state index in [4.69, 9.17) is 26.1 Å². The molecule has 2 fully saturated rings. The van der Waals surface area contributed by atoms with Gasteiger partial charge in [0.25, 0.3) is 0 Å². The zero-order valence-corrected chi connectivity index (χ0v) is 23.6. The Kier molecular flexibility index (Phi) is 9.94. The van der Waals surface area contributed by atoms with Crippen molar-refractivity contribution in [1.82, 2.24) is 10.3 Å². The van der Waals surface area contributed by atoms with Crippen LogP contribution < -0.4 is 10.6 Å². The van der Waals surface area contributed by atoms with Gasteiger partial charge in [0.1, 0.15) is 11.7 Å². The topological polar surface area (TPSA) is 64.6 Å². The van der Waals surface area contributed by atoms with Crippen LogP contribution in [0.25, 0.3) is 10.9 Å². The maximum absolute atomic E-state index is 6.60. The van der Waals surface area contributed by atoms with Crippen LogP contribution in [0.5, 0.6) is 0 Å². The molecular weight excluding hydrogens is 521 g/mol. The van der Waals surface area contributed by atoms with Crippen molar-refractivity contribution in [1.29, 1.82) is 0 Å². The molecule has 2 aromatic rings. The van der Waals surface area contributed by atoms with Gasteiger partial charge in [-0.2, -0.15) is 0 Å². The minimum atomic E-state index is -0.617. The highest BCUT2D eigenvalue weighted by Gasteiger charge is 2.52. The van der Waals surface area contributed by atoms with Crippen molar-refractivity contribution in [2.75, 3.05) is 18.4 Å². The molecule has 2 aliphatic carbocycles. The van der Waals surface area contributed by atoms with Gasteiger partial charge < -0.3 is 15.4 Å². The summed E-state index contributed by atoms with van der Waals surface area (Å²) in [6.07, 6.45) is 9.75. The van der Waals surface area contributed by atoms with Gasteiger partial charge in [-0.15, -0.1) is 24.8 Å². The van der Waals surface area contributed by atoms with E-state index in [-0.39, 0.29) is 36.5 Å². The summed E-state index contributed by atoms with van der Waals surface area (Å²) in [7, 11) is 0. The summed E-state index contributed by atoms with van der Waals surface area (Å²) in [5, 5.41) is 9.01. The summed E-state index contributed by atoms with van der Waals surface area (Å²) >= 11 is 6.10. The lowest BCUT2D eigenvalue weighted by Crippen LogP contribution is -2.59. The van der Waals surface area contributed by atoms with E-state index in [1.807, 2.05) is 30.5 Å². The molecule has 9 heteroatoms. The summed E-state index contributed by atoms with van der Waals surface area (Å²) < 4.78 is 6.60. The Morgan fingerprint density at radius 3 is 2.61 bits per heavy atom. The normalized spacial score (nSPS) is 29.8. The molecule has 1 aromatic heterocycles. The van der Waals surface area contributed by atoms with Crippen LogP contribution in [-0.4, -0.2) is 41.6 Å². The van der Waals surface area contributed by atoms with Crippen LogP contribution in [0.4, 0.5) is 5.69 Å². The van der Waals surface area contributed by atoms with Crippen molar-refractivity contribution in [2.24, 2.45) is 5.92 Å². The molecule has 5 rings (SSSR count). The summed E-state index contributed by atoms with van der Waals surface area (Å²) in [6.45, 7) is 8.34. The molecule has 0 amide bonds. The third kappa shape index (κ3) is 6.29. The first-order valence-electron chi connectivity index (χ1n) is 12.6. The highest BCUT2D eigenvalue weighted by Crippen LogP contribution is 2.46. The first-order valence-corrected chi connectivity index (χ1v) is 13.0. The number of benzene rings is 1. The van der Waals surface area contributed by atoms with Crippen LogP contribution in [0.1, 0.15) is 59.3 Å². The number of hydrogen-bond acceptors (Lipinski definition) is 6. The number of nitrogens with one attached hydrogen (secondary N) is 2. The summed E-state index contributed by atoms with van der Waals surface area (Å²) in [5.74, 6) is -0.0725. The van der Waals surface area contributed by atoms with Gasteiger partial charge in [-0.25, -0.2) is 9.78 Å². The molecule has 0 radical (unpaired) electrons. The van der Waals surface area contributed by atoms with Gasteiger partial charge in [0, 0.05) is 54.3 Å². The van der Waals surface area contributed by atoms with Gasteiger partial charge in [-0.1, -0.05) is 37.1 Å². The number of halogens is 3. The SMILES string of the molecule is CC(C)C1=C[C@H]2OC3(CCC(NCCNc4ccnc5cc(Cl)ccc45)CC3)OO[C@@]2(C)CC1.Cl.Cl. The molecule has 3 aliphatic rings. The second-order valence-corrected chi connectivity index (χ2v) is 10.9. The Bertz CT molecular complexity index is 1060. The molecule has 200 valence electrons. The number of fused-ring (bicyclic) bond motifs is 2. The van der Waals surface area contributed by atoms with E-state index in [1.54, 1.807) is 0 Å². The molecule has 36 heavy (non-hydrogen) atoms. The van der Waals surface area contributed by atoms with Gasteiger partial charge in [0.15, 0.2) is 0 Å². The molecule has 1 spiro atoms. The van der Waals surface area contributed by atoms with E-state index < -0.39 is 5.79 Å². The van der Waals surface area contributed by atoms with E-state index in [0.29, 0.717) is 17.0 Å². The monoisotopic (exact) mass is 557 g/mol. The summed E-state index contributed by atoms with van der Waals surface area (Å²) in [6, 6.07) is 8.28. The largest absolute Gasteiger partial charge is 0.383 e. The van der Waals surface area contributed by atoms with Crippen LogP contribution in [0.2, 0.25) is 5.02 Å². The van der Waals surface area contributed by atoms with Crippen LogP contribution >= 0.6 is 36.4 Å². The van der Waals surface area contributed by atoms with E-state index in [1.165, 1.54) is 5.57 Å². The molecule has 1 saturated heterocycles. The fraction of sp³-hybridized carbons (Fsp3) is 0.593. The molecule has 1 saturated carbocycles. The van der Waals surface area contributed by atoms with Gasteiger partial charge >= 0.3 is 0 Å². The Hall–Kier alpha value is -1.12. The molecule has 2 atom stereocenters. The molecule has 2 N–H and O–H groups in total. The average molecular weight is 559 g/mol. The quantitative estimate of drug-likeness (QED) is 0.230. The van der Waals surface area contributed by atoms with Crippen LogP contribution in [0, 0.1) is 5.92 Å². The average Bonchev–Trinajstić information content (AvgIpc) is 2.83. The number of pyridine rings is 1. The molecular formula is C27H38Cl3N3O3. The summed E-state index contributed by atoms with van der Waals surface area (Å²) in [4.78, 5) is 16.4. The third-order valence-electron chi connectivity index (χ3n) is 7.67. The maximum atomic E-state index is 6.60.